The highest BCUT2D eigenvalue weighted by atomic mass is 32.2. The fraction of sp³-hybridized carbons (Fsp3) is 0.389. The predicted molar refractivity (Wildman–Crippen MR) is 186 cm³/mol. The maximum absolute atomic E-state index is 13.2. The van der Waals surface area contributed by atoms with E-state index in [-0.39, 0.29) is 16.4 Å². The van der Waals surface area contributed by atoms with Gasteiger partial charge in [0.25, 0.3) is 5.91 Å². The number of para-hydroxylation sites is 1. The summed E-state index contributed by atoms with van der Waals surface area (Å²) in [6.45, 7) is 9.74. The van der Waals surface area contributed by atoms with Gasteiger partial charge in [0, 0.05) is 79.8 Å². The Balaban J connectivity index is 0.914. The summed E-state index contributed by atoms with van der Waals surface area (Å²) in [5.74, 6) is -0.284. The lowest BCUT2D eigenvalue weighted by Crippen LogP contribution is -2.49. The van der Waals surface area contributed by atoms with Gasteiger partial charge in [-0.25, -0.2) is 17.9 Å². The minimum atomic E-state index is -3.63. The summed E-state index contributed by atoms with van der Waals surface area (Å²) in [6.07, 6.45) is 3.64. The van der Waals surface area contributed by atoms with Crippen molar-refractivity contribution in [3.8, 4) is 0 Å². The van der Waals surface area contributed by atoms with Crippen molar-refractivity contribution < 1.29 is 22.0 Å². The summed E-state index contributed by atoms with van der Waals surface area (Å²) in [7, 11) is -3.63. The summed E-state index contributed by atoms with van der Waals surface area (Å²) in [6, 6.07) is 20.1. The molecule has 0 saturated carbocycles. The van der Waals surface area contributed by atoms with Crippen LogP contribution in [0, 0.1) is 0 Å². The first-order valence-electron chi connectivity index (χ1n) is 16.5. The average Bonchev–Trinajstić information content (AvgIpc) is 3.46. The van der Waals surface area contributed by atoms with Crippen LogP contribution in [-0.2, 0) is 10.0 Å². The standard InChI is InChI=1S/C36H42N4O6S/c1-3-39(4-2)27-14-13-26-23-31(36(42)46-33(26)24-27)35(41)40-21-19-38(20-22-40)18-10-6-5-9-17-37-47(43,44)28-15-16-30-29-11-7-8-12-32(29)45-34(30)25-28/h7-8,11-16,23-25,37H,3-6,9-10,17-22H2,1-2H3. The van der Waals surface area contributed by atoms with Crippen molar-refractivity contribution in [2.45, 2.75) is 44.4 Å². The molecular weight excluding hydrogens is 616 g/mol. The van der Waals surface area contributed by atoms with Gasteiger partial charge in [0.15, 0.2) is 0 Å². The van der Waals surface area contributed by atoms with Gasteiger partial charge in [-0.2, -0.15) is 0 Å². The number of sulfonamides is 1. The van der Waals surface area contributed by atoms with Crippen LogP contribution in [0.2, 0.25) is 0 Å². The van der Waals surface area contributed by atoms with E-state index in [0.29, 0.717) is 30.8 Å². The number of furan rings is 1. The van der Waals surface area contributed by atoms with Crippen molar-refractivity contribution in [3.63, 3.8) is 0 Å². The number of piperazine rings is 1. The Labute approximate surface area is 275 Å². The third-order valence-corrected chi connectivity index (χ3v) is 10.6. The zero-order valence-corrected chi connectivity index (χ0v) is 27.9. The van der Waals surface area contributed by atoms with Crippen LogP contribution in [-0.4, -0.2) is 76.5 Å². The topological polar surface area (TPSA) is 116 Å². The van der Waals surface area contributed by atoms with Crippen LogP contribution in [0.3, 0.4) is 0 Å². The molecule has 0 aliphatic carbocycles. The van der Waals surface area contributed by atoms with Crippen molar-refractivity contribution in [1.82, 2.24) is 14.5 Å². The summed E-state index contributed by atoms with van der Waals surface area (Å²) >= 11 is 0. The molecule has 0 unspecified atom stereocenters. The number of hydrogen-bond acceptors (Lipinski definition) is 8. The molecule has 1 saturated heterocycles. The summed E-state index contributed by atoms with van der Waals surface area (Å²) in [4.78, 5) is 32.5. The first-order valence-corrected chi connectivity index (χ1v) is 18.0. The lowest BCUT2D eigenvalue weighted by molar-refractivity contribution is 0.0631. The molecule has 10 nitrogen and oxygen atoms in total. The maximum atomic E-state index is 13.2. The van der Waals surface area contributed by atoms with Crippen molar-refractivity contribution in [3.05, 3.63) is 82.7 Å². The molecule has 47 heavy (non-hydrogen) atoms. The Morgan fingerprint density at radius 3 is 2.34 bits per heavy atom. The van der Waals surface area contributed by atoms with E-state index in [4.69, 9.17) is 8.83 Å². The first-order chi connectivity index (χ1) is 22.8. The number of nitrogens with zero attached hydrogens (tertiary/aromatic N) is 3. The monoisotopic (exact) mass is 658 g/mol. The van der Waals surface area contributed by atoms with E-state index in [0.717, 1.165) is 85.8 Å². The van der Waals surface area contributed by atoms with Gasteiger partial charge in [-0.05, 0) is 69.6 Å². The molecule has 0 radical (unpaired) electrons. The SMILES string of the molecule is CCN(CC)c1ccc2cc(C(=O)N3CCN(CCCCCCNS(=O)(=O)c4ccc5c(c4)oc4ccccc45)CC3)c(=O)oc2c1. The van der Waals surface area contributed by atoms with E-state index in [1.54, 1.807) is 29.2 Å². The normalized spacial score (nSPS) is 14.4. The number of rotatable bonds is 13. The molecule has 1 fully saturated rings. The van der Waals surface area contributed by atoms with Crippen molar-refractivity contribution in [1.29, 1.82) is 0 Å². The van der Waals surface area contributed by atoms with Gasteiger partial charge in [0.2, 0.25) is 10.0 Å². The van der Waals surface area contributed by atoms with Crippen LogP contribution < -0.4 is 15.2 Å². The van der Waals surface area contributed by atoms with Crippen LogP contribution in [0.1, 0.15) is 49.9 Å². The number of nitrogens with one attached hydrogen (secondary N) is 1. The number of benzene rings is 3. The van der Waals surface area contributed by atoms with Crippen LogP contribution in [0.25, 0.3) is 32.9 Å². The fourth-order valence-electron chi connectivity index (χ4n) is 6.36. The lowest BCUT2D eigenvalue weighted by Gasteiger charge is -2.34. The molecule has 0 spiro atoms. The minimum absolute atomic E-state index is 0.0761. The molecule has 0 bridgehead atoms. The Morgan fingerprint density at radius 1 is 0.809 bits per heavy atom. The third-order valence-electron chi connectivity index (χ3n) is 9.09. The zero-order valence-electron chi connectivity index (χ0n) is 27.0. The van der Waals surface area contributed by atoms with Gasteiger partial charge >= 0.3 is 5.63 Å². The van der Waals surface area contributed by atoms with Gasteiger partial charge in [0.1, 0.15) is 22.3 Å². The molecule has 2 aromatic heterocycles. The Bertz CT molecular complexity index is 2040. The molecule has 11 heteroatoms. The van der Waals surface area contributed by atoms with Gasteiger partial charge in [-0.15, -0.1) is 0 Å². The molecule has 5 aromatic rings. The van der Waals surface area contributed by atoms with E-state index in [2.05, 4.69) is 28.4 Å². The lowest BCUT2D eigenvalue weighted by atomic mass is 10.1. The molecule has 1 aliphatic heterocycles. The van der Waals surface area contributed by atoms with Crippen LogP contribution in [0.15, 0.2) is 85.3 Å². The summed E-state index contributed by atoms with van der Waals surface area (Å²) in [5, 5.41) is 2.60. The van der Waals surface area contributed by atoms with Crippen LogP contribution in [0.4, 0.5) is 5.69 Å². The number of carbonyl (C=O) groups is 1. The molecule has 1 amide bonds. The van der Waals surface area contributed by atoms with E-state index in [9.17, 15) is 18.0 Å². The van der Waals surface area contributed by atoms with Gasteiger partial charge in [-0.3, -0.25) is 9.69 Å². The first kappa shape index (κ1) is 32.7. The van der Waals surface area contributed by atoms with E-state index >= 15 is 0 Å². The van der Waals surface area contributed by atoms with E-state index in [1.807, 2.05) is 42.5 Å². The number of hydrogen-bond donors (Lipinski definition) is 1. The molecule has 0 atom stereocenters. The average molecular weight is 659 g/mol. The molecule has 3 aromatic carbocycles. The highest BCUT2D eigenvalue weighted by Gasteiger charge is 2.25. The molecule has 3 heterocycles. The highest BCUT2D eigenvalue weighted by Crippen LogP contribution is 2.30. The van der Waals surface area contributed by atoms with Crippen LogP contribution >= 0.6 is 0 Å². The second-order valence-electron chi connectivity index (χ2n) is 12.0. The zero-order chi connectivity index (χ0) is 33.0. The second-order valence-corrected chi connectivity index (χ2v) is 13.8. The second kappa shape index (κ2) is 14.3. The van der Waals surface area contributed by atoms with Crippen molar-refractivity contribution in [2.24, 2.45) is 0 Å². The number of unbranched alkanes of at least 4 members (excludes halogenated alkanes) is 3. The summed E-state index contributed by atoms with van der Waals surface area (Å²) < 4.78 is 39.9. The third kappa shape index (κ3) is 7.22. The fourth-order valence-corrected chi connectivity index (χ4v) is 7.45. The summed E-state index contributed by atoms with van der Waals surface area (Å²) in [5.41, 5.74) is 2.24. The van der Waals surface area contributed by atoms with Crippen molar-refractivity contribution >= 4 is 54.5 Å². The quantitative estimate of drug-likeness (QED) is 0.124. The van der Waals surface area contributed by atoms with E-state index < -0.39 is 15.6 Å². The van der Waals surface area contributed by atoms with Crippen LogP contribution in [0.5, 0.6) is 0 Å². The number of carbonyl (C=O) groups excluding carboxylic acids is 1. The smallest absolute Gasteiger partial charge is 0.349 e. The highest BCUT2D eigenvalue weighted by molar-refractivity contribution is 7.89. The largest absolute Gasteiger partial charge is 0.456 e. The predicted octanol–water partition coefficient (Wildman–Crippen LogP) is 5.84. The molecular formula is C36H42N4O6S. The van der Waals surface area contributed by atoms with Gasteiger partial charge < -0.3 is 18.6 Å². The Hall–Kier alpha value is -4.19. The number of amides is 1. The number of anilines is 1. The molecule has 1 aliphatic rings. The minimum Gasteiger partial charge on any atom is -0.456 e. The van der Waals surface area contributed by atoms with Gasteiger partial charge in [0.05, 0.1) is 4.90 Å². The van der Waals surface area contributed by atoms with Gasteiger partial charge in [-0.1, -0.05) is 31.0 Å². The Kier molecular flexibility index (Phi) is 9.95. The molecule has 248 valence electrons. The van der Waals surface area contributed by atoms with Crippen molar-refractivity contribution in [2.75, 3.05) is 57.3 Å². The molecule has 6 rings (SSSR count). The Morgan fingerprint density at radius 2 is 1.55 bits per heavy atom. The number of fused-ring (bicyclic) bond motifs is 4. The molecule has 1 N–H and O–H groups in total. The maximum Gasteiger partial charge on any atom is 0.349 e. The van der Waals surface area contributed by atoms with E-state index in [1.165, 1.54) is 0 Å².